The quantitative estimate of drug-likeness (QED) is 0.820. The summed E-state index contributed by atoms with van der Waals surface area (Å²) in [5.41, 5.74) is 0.694. The summed E-state index contributed by atoms with van der Waals surface area (Å²) in [5, 5.41) is 6.62. The van der Waals surface area contributed by atoms with Crippen LogP contribution in [0.15, 0.2) is 34.1 Å². The van der Waals surface area contributed by atoms with E-state index in [1.165, 1.54) is 26.4 Å². The van der Waals surface area contributed by atoms with Gasteiger partial charge in [-0.3, -0.25) is 9.59 Å². The normalized spacial score (nSPS) is 11.6. The average Bonchev–Trinajstić information content (AvgIpc) is 2.57. The van der Waals surface area contributed by atoms with Gasteiger partial charge in [-0.25, -0.2) is 17.4 Å². The van der Waals surface area contributed by atoms with Gasteiger partial charge in [0.25, 0.3) is 5.56 Å². The summed E-state index contributed by atoms with van der Waals surface area (Å²) in [4.78, 5) is 24.3. The molecule has 2 aromatic rings. The summed E-state index contributed by atoms with van der Waals surface area (Å²) in [6.07, 6.45) is 1.29. The molecule has 1 aromatic carbocycles. The molecule has 8 nitrogen and oxygen atoms in total. The monoisotopic (exact) mass is 398 g/mol. The lowest BCUT2D eigenvalue weighted by molar-refractivity contribution is -0.117. The van der Waals surface area contributed by atoms with Crippen molar-refractivity contribution in [3.8, 4) is 0 Å². The minimum atomic E-state index is -3.64. The van der Waals surface area contributed by atoms with Gasteiger partial charge in [-0.2, -0.15) is 5.10 Å². The molecule has 140 valence electrons. The Morgan fingerprint density at radius 2 is 1.96 bits per heavy atom. The zero-order valence-corrected chi connectivity index (χ0v) is 16.3. The zero-order valence-electron chi connectivity index (χ0n) is 14.8. The second kappa shape index (κ2) is 7.56. The first-order chi connectivity index (χ1) is 12.0. The van der Waals surface area contributed by atoms with Crippen LogP contribution in [0.25, 0.3) is 0 Å². The Morgan fingerprint density at radius 3 is 2.58 bits per heavy atom. The number of carbonyl (C=O) groups excluding carboxylic acids is 1. The number of benzene rings is 1. The number of hydrogen-bond acceptors (Lipinski definition) is 5. The van der Waals surface area contributed by atoms with Gasteiger partial charge in [0.2, 0.25) is 15.9 Å². The van der Waals surface area contributed by atoms with E-state index in [0.717, 1.165) is 8.99 Å². The van der Waals surface area contributed by atoms with Gasteiger partial charge >= 0.3 is 0 Å². The van der Waals surface area contributed by atoms with Gasteiger partial charge in [0.15, 0.2) is 0 Å². The number of sulfonamides is 1. The van der Waals surface area contributed by atoms with E-state index in [1.807, 2.05) is 0 Å². The van der Waals surface area contributed by atoms with Crippen molar-refractivity contribution in [3.05, 3.63) is 50.9 Å². The molecule has 0 unspecified atom stereocenters. The molecule has 1 amide bonds. The van der Waals surface area contributed by atoms with Gasteiger partial charge in [-0.1, -0.05) is 17.7 Å². The molecular formula is C16H19ClN4O4S. The van der Waals surface area contributed by atoms with Crippen molar-refractivity contribution in [1.82, 2.24) is 14.1 Å². The molecule has 0 spiro atoms. The summed E-state index contributed by atoms with van der Waals surface area (Å²) < 4.78 is 26.8. The second-order valence-electron chi connectivity index (χ2n) is 5.90. The van der Waals surface area contributed by atoms with Crippen molar-refractivity contribution in [2.75, 3.05) is 19.4 Å². The van der Waals surface area contributed by atoms with Crippen LogP contribution < -0.4 is 10.9 Å². The molecule has 0 aliphatic heterocycles. The van der Waals surface area contributed by atoms with Crippen LogP contribution in [0.1, 0.15) is 11.1 Å². The number of aryl methyl sites for hydroxylation is 1. The predicted octanol–water partition coefficient (Wildman–Crippen LogP) is 1.40. The highest BCUT2D eigenvalue weighted by atomic mass is 35.5. The molecule has 26 heavy (non-hydrogen) atoms. The number of anilines is 1. The molecule has 0 fully saturated rings. The predicted molar refractivity (Wildman–Crippen MR) is 98.9 cm³/mol. The number of rotatable bonds is 5. The standard InChI is InChI=1S/C16H19ClN4O4S/c1-10-5-6-12(7-14(10)26(24,25)20(3)4)19-15(22)9-21-16(23)11(2)13(17)8-18-21/h5-8H,9H2,1-4H3,(H,19,22). The van der Waals surface area contributed by atoms with Crippen molar-refractivity contribution in [2.45, 2.75) is 25.3 Å². The van der Waals surface area contributed by atoms with Crippen molar-refractivity contribution >= 4 is 33.2 Å². The first kappa shape index (κ1) is 20.1. The fraction of sp³-hybridized carbons (Fsp3) is 0.312. The number of aromatic nitrogens is 2. The van der Waals surface area contributed by atoms with Crippen LogP contribution >= 0.6 is 11.6 Å². The highest BCUT2D eigenvalue weighted by Crippen LogP contribution is 2.22. The first-order valence-corrected chi connectivity index (χ1v) is 9.41. The van der Waals surface area contributed by atoms with E-state index < -0.39 is 21.5 Å². The van der Waals surface area contributed by atoms with Gasteiger partial charge in [0.1, 0.15) is 6.54 Å². The molecule has 10 heteroatoms. The fourth-order valence-electron chi connectivity index (χ4n) is 2.17. The van der Waals surface area contributed by atoms with Gasteiger partial charge in [0, 0.05) is 25.3 Å². The van der Waals surface area contributed by atoms with E-state index in [4.69, 9.17) is 11.6 Å². The second-order valence-corrected chi connectivity index (χ2v) is 8.42. The van der Waals surface area contributed by atoms with Crippen molar-refractivity contribution < 1.29 is 13.2 Å². The van der Waals surface area contributed by atoms with Crippen LogP contribution in [0.4, 0.5) is 5.69 Å². The highest BCUT2D eigenvalue weighted by molar-refractivity contribution is 7.89. The largest absolute Gasteiger partial charge is 0.324 e. The summed E-state index contributed by atoms with van der Waals surface area (Å²) >= 11 is 5.82. The Labute approximate surface area is 156 Å². The zero-order chi connectivity index (χ0) is 19.6. The number of amides is 1. The Kier molecular flexibility index (Phi) is 5.84. The van der Waals surface area contributed by atoms with E-state index in [2.05, 4.69) is 10.4 Å². The Bertz CT molecular complexity index is 1020. The topological polar surface area (TPSA) is 101 Å². The lowest BCUT2D eigenvalue weighted by atomic mass is 10.2. The van der Waals surface area contributed by atoms with Crippen LogP contribution in [-0.4, -0.2) is 42.5 Å². The van der Waals surface area contributed by atoms with E-state index in [9.17, 15) is 18.0 Å². The van der Waals surface area contributed by atoms with Crippen molar-refractivity contribution in [2.24, 2.45) is 0 Å². The molecule has 0 aliphatic carbocycles. The minimum absolute atomic E-state index is 0.0953. The number of carbonyl (C=O) groups is 1. The summed E-state index contributed by atoms with van der Waals surface area (Å²) in [6.45, 7) is 2.89. The maximum Gasteiger partial charge on any atom is 0.271 e. The Balaban J connectivity index is 2.26. The third-order valence-electron chi connectivity index (χ3n) is 3.75. The van der Waals surface area contributed by atoms with Crippen LogP contribution in [0, 0.1) is 13.8 Å². The number of nitrogens with zero attached hydrogens (tertiary/aromatic N) is 3. The molecule has 2 rings (SSSR count). The smallest absolute Gasteiger partial charge is 0.271 e. The summed E-state index contributed by atoms with van der Waals surface area (Å²) in [6, 6.07) is 4.57. The van der Waals surface area contributed by atoms with Crippen molar-refractivity contribution in [1.29, 1.82) is 0 Å². The molecule has 0 aliphatic rings. The van der Waals surface area contributed by atoms with Gasteiger partial charge in [-0.15, -0.1) is 0 Å². The fourth-order valence-corrected chi connectivity index (χ4v) is 3.44. The Morgan fingerprint density at radius 1 is 1.31 bits per heavy atom. The van der Waals surface area contributed by atoms with Crippen LogP contribution in [0.5, 0.6) is 0 Å². The third kappa shape index (κ3) is 4.12. The molecule has 1 aromatic heterocycles. The van der Waals surface area contributed by atoms with Gasteiger partial charge < -0.3 is 5.32 Å². The SMILES string of the molecule is Cc1ccc(NC(=O)Cn2ncc(Cl)c(C)c2=O)cc1S(=O)(=O)N(C)C. The molecule has 0 saturated heterocycles. The van der Waals surface area contributed by atoms with E-state index >= 15 is 0 Å². The Hall–Kier alpha value is -2.23. The average molecular weight is 399 g/mol. The molecular weight excluding hydrogens is 380 g/mol. The molecule has 1 N–H and O–H groups in total. The van der Waals surface area contributed by atoms with Gasteiger partial charge in [0.05, 0.1) is 16.1 Å². The van der Waals surface area contributed by atoms with Crippen LogP contribution in [0.3, 0.4) is 0 Å². The lowest BCUT2D eigenvalue weighted by Gasteiger charge is -2.15. The summed E-state index contributed by atoms with van der Waals surface area (Å²) in [5.74, 6) is -0.515. The maximum absolute atomic E-state index is 12.3. The number of nitrogens with one attached hydrogen (secondary N) is 1. The molecule has 0 atom stereocenters. The first-order valence-electron chi connectivity index (χ1n) is 7.59. The summed E-state index contributed by atoms with van der Waals surface area (Å²) in [7, 11) is -0.779. The number of halogens is 1. The third-order valence-corrected chi connectivity index (χ3v) is 6.09. The van der Waals surface area contributed by atoms with Crippen LogP contribution in [0.2, 0.25) is 5.02 Å². The van der Waals surface area contributed by atoms with Crippen molar-refractivity contribution in [3.63, 3.8) is 0 Å². The van der Waals surface area contributed by atoms with E-state index in [0.29, 0.717) is 16.8 Å². The van der Waals surface area contributed by atoms with Crippen LogP contribution in [-0.2, 0) is 21.4 Å². The molecule has 1 heterocycles. The maximum atomic E-state index is 12.3. The molecule has 0 bridgehead atoms. The number of hydrogen-bond donors (Lipinski definition) is 1. The lowest BCUT2D eigenvalue weighted by Crippen LogP contribution is -2.31. The van der Waals surface area contributed by atoms with E-state index in [1.54, 1.807) is 26.0 Å². The highest BCUT2D eigenvalue weighted by Gasteiger charge is 2.20. The molecule has 0 radical (unpaired) electrons. The van der Waals surface area contributed by atoms with E-state index in [-0.39, 0.29) is 16.5 Å². The van der Waals surface area contributed by atoms with Gasteiger partial charge in [-0.05, 0) is 31.5 Å². The molecule has 0 saturated carbocycles. The minimum Gasteiger partial charge on any atom is -0.324 e.